The highest BCUT2D eigenvalue weighted by Gasteiger charge is 2.22. The van der Waals surface area contributed by atoms with Crippen LogP contribution in [0.1, 0.15) is 6.92 Å². The van der Waals surface area contributed by atoms with Gasteiger partial charge in [0.25, 0.3) is 0 Å². The van der Waals surface area contributed by atoms with Crippen LogP contribution in [-0.2, 0) is 10.0 Å². The first-order chi connectivity index (χ1) is 7.52. The standard InChI is InChI=1S/C10H13N3O2S/c1-3-7-13(4-2)16(14,15)9-5-6-10(11)12-8-9/h1,5-6,8H,4,7H2,2H3,(H2,11,12). The summed E-state index contributed by atoms with van der Waals surface area (Å²) in [6.07, 6.45) is 6.34. The average Bonchev–Trinajstić information content (AvgIpc) is 2.26. The monoisotopic (exact) mass is 239 g/mol. The SMILES string of the molecule is C#CCN(CC)S(=O)(=O)c1ccc(N)nc1. The number of terminal acetylenes is 1. The summed E-state index contributed by atoms with van der Waals surface area (Å²) >= 11 is 0. The van der Waals surface area contributed by atoms with Gasteiger partial charge in [0.05, 0.1) is 6.54 Å². The van der Waals surface area contributed by atoms with Crippen LogP contribution in [0.4, 0.5) is 5.82 Å². The normalized spacial score (nSPS) is 11.3. The Morgan fingerprint density at radius 2 is 2.25 bits per heavy atom. The number of hydrogen-bond donors (Lipinski definition) is 1. The number of pyridine rings is 1. The quantitative estimate of drug-likeness (QED) is 0.767. The Balaban J connectivity index is 3.10. The molecule has 1 heterocycles. The van der Waals surface area contributed by atoms with Crippen molar-refractivity contribution in [1.29, 1.82) is 0 Å². The van der Waals surface area contributed by atoms with E-state index in [1.807, 2.05) is 0 Å². The van der Waals surface area contributed by atoms with Gasteiger partial charge in [0.15, 0.2) is 0 Å². The van der Waals surface area contributed by atoms with Crippen LogP contribution in [0.5, 0.6) is 0 Å². The molecule has 86 valence electrons. The zero-order valence-electron chi connectivity index (χ0n) is 8.92. The molecule has 2 N–H and O–H groups in total. The summed E-state index contributed by atoms with van der Waals surface area (Å²) in [7, 11) is -3.56. The van der Waals surface area contributed by atoms with Gasteiger partial charge in [-0.1, -0.05) is 12.8 Å². The maximum Gasteiger partial charge on any atom is 0.245 e. The summed E-state index contributed by atoms with van der Waals surface area (Å²) in [4.78, 5) is 3.84. The van der Waals surface area contributed by atoms with Crippen molar-refractivity contribution in [2.45, 2.75) is 11.8 Å². The van der Waals surface area contributed by atoms with Crippen molar-refractivity contribution in [3.8, 4) is 12.3 Å². The van der Waals surface area contributed by atoms with Gasteiger partial charge in [-0.05, 0) is 12.1 Å². The molecular formula is C10H13N3O2S. The second-order valence-electron chi connectivity index (χ2n) is 3.05. The Hall–Kier alpha value is -1.58. The molecule has 0 saturated heterocycles. The summed E-state index contributed by atoms with van der Waals surface area (Å²) in [5, 5.41) is 0. The number of nitrogens with two attached hydrogens (primary N) is 1. The van der Waals surface area contributed by atoms with Gasteiger partial charge in [-0.25, -0.2) is 13.4 Å². The molecule has 0 aliphatic rings. The molecule has 0 atom stereocenters. The lowest BCUT2D eigenvalue weighted by Gasteiger charge is -2.17. The molecule has 0 fully saturated rings. The average molecular weight is 239 g/mol. The lowest BCUT2D eigenvalue weighted by molar-refractivity contribution is 0.464. The number of sulfonamides is 1. The molecule has 5 nitrogen and oxygen atoms in total. The fourth-order valence-corrected chi connectivity index (χ4v) is 2.47. The number of hydrogen-bond acceptors (Lipinski definition) is 4. The lowest BCUT2D eigenvalue weighted by atomic mass is 10.5. The van der Waals surface area contributed by atoms with Gasteiger partial charge in [-0.3, -0.25) is 0 Å². The maximum absolute atomic E-state index is 12.0. The first kappa shape index (κ1) is 12.5. The molecule has 0 radical (unpaired) electrons. The minimum absolute atomic E-state index is 0.0449. The Kier molecular flexibility index (Phi) is 3.88. The Bertz CT molecular complexity index is 488. The Morgan fingerprint density at radius 3 is 2.69 bits per heavy atom. The number of aromatic nitrogens is 1. The molecule has 0 unspecified atom stereocenters. The number of nitrogens with zero attached hydrogens (tertiary/aromatic N) is 2. The van der Waals surface area contributed by atoms with E-state index >= 15 is 0 Å². The Morgan fingerprint density at radius 1 is 1.56 bits per heavy atom. The van der Waals surface area contributed by atoms with Crippen molar-refractivity contribution in [2.24, 2.45) is 0 Å². The van der Waals surface area contributed by atoms with Crippen LogP contribution < -0.4 is 5.73 Å². The van der Waals surface area contributed by atoms with Crippen molar-refractivity contribution in [1.82, 2.24) is 9.29 Å². The molecule has 6 heteroatoms. The van der Waals surface area contributed by atoms with E-state index in [1.165, 1.54) is 22.6 Å². The van der Waals surface area contributed by atoms with Crippen LogP contribution in [0.3, 0.4) is 0 Å². The summed E-state index contributed by atoms with van der Waals surface area (Å²) in [5.41, 5.74) is 5.39. The molecule has 0 saturated carbocycles. The van der Waals surface area contributed by atoms with E-state index in [0.29, 0.717) is 6.54 Å². The van der Waals surface area contributed by atoms with E-state index in [2.05, 4.69) is 10.9 Å². The fraction of sp³-hybridized carbons (Fsp3) is 0.300. The van der Waals surface area contributed by atoms with Gasteiger partial charge in [-0.15, -0.1) is 6.42 Å². The van der Waals surface area contributed by atoms with Gasteiger partial charge < -0.3 is 5.73 Å². The first-order valence-electron chi connectivity index (χ1n) is 4.67. The smallest absolute Gasteiger partial charge is 0.245 e. The van der Waals surface area contributed by atoms with Gasteiger partial charge in [0.2, 0.25) is 10.0 Å². The molecule has 0 spiro atoms. The van der Waals surface area contributed by atoms with Crippen molar-refractivity contribution in [3.63, 3.8) is 0 Å². The number of anilines is 1. The lowest BCUT2D eigenvalue weighted by Crippen LogP contribution is -2.31. The van der Waals surface area contributed by atoms with Gasteiger partial charge in [-0.2, -0.15) is 4.31 Å². The molecular weight excluding hydrogens is 226 g/mol. The number of nitrogen functional groups attached to an aromatic ring is 1. The van der Waals surface area contributed by atoms with Crippen LogP contribution in [0.2, 0.25) is 0 Å². The van der Waals surface area contributed by atoms with Crippen LogP contribution in [0.25, 0.3) is 0 Å². The minimum Gasteiger partial charge on any atom is -0.384 e. The molecule has 1 aromatic heterocycles. The zero-order chi connectivity index (χ0) is 12.2. The molecule has 0 aliphatic heterocycles. The topological polar surface area (TPSA) is 76.3 Å². The maximum atomic E-state index is 12.0. The predicted octanol–water partition coefficient (Wildman–Crippen LogP) is 0.308. The highest BCUT2D eigenvalue weighted by Crippen LogP contribution is 2.14. The van der Waals surface area contributed by atoms with Crippen molar-refractivity contribution in [3.05, 3.63) is 18.3 Å². The molecule has 16 heavy (non-hydrogen) atoms. The van der Waals surface area contributed by atoms with Gasteiger partial charge >= 0.3 is 0 Å². The summed E-state index contributed by atoms with van der Waals surface area (Å²) in [6.45, 7) is 2.08. The van der Waals surface area contributed by atoms with E-state index in [0.717, 1.165) is 0 Å². The summed E-state index contributed by atoms with van der Waals surface area (Å²) in [5.74, 6) is 2.58. The van der Waals surface area contributed by atoms with Crippen LogP contribution in [0.15, 0.2) is 23.2 Å². The van der Waals surface area contributed by atoms with Crippen LogP contribution in [0, 0.1) is 12.3 Å². The minimum atomic E-state index is -3.56. The first-order valence-corrected chi connectivity index (χ1v) is 6.11. The van der Waals surface area contributed by atoms with Crippen LogP contribution in [-0.4, -0.2) is 30.8 Å². The molecule has 0 amide bonds. The second kappa shape index (κ2) is 4.96. The fourth-order valence-electron chi connectivity index (χ4n) is 1.16. The number of rotatable bonds is 4. The molecule has 0 aliphatic carbocycles. The second-order valence-corrected chi connectivity index (χ2v) is 4.99. The highest BCUT2D eigenvalue weighted by molar-refractivity contribution is 7.89. The molecule has 1 rings (SSSR count). The van der Waals surface area contributed by atoms with Crippen LogP contribution >= 0.6 is 0 Å². The third kappa shape index (κ3) is 2.51. The summed E-state index contributed by atoms with van der Waals surface area (Å²) < 4.78 is 25.2. The zero-order valence-corrected chi connectivity index (χ0v) is 9.74. The predicted molar refractivity (Wildman–Crippen MR) is 61.9 cm³/mol. The third-order valence-electron chi connectivity index (χ3n) is 2.02. The van der Waals surface area contributed by atoms with E-state index in [4.69, 9.17) is 12.2 Å². The van der Waals surface area contributed by atoms with E-state index < -0.39 is 10.0 Å². The Labute approximate surface area is 95.3 Å². The van der Waals surface area contributed by atoms with Gasteiger partial charge in [0.1, 0.15) is 10.7 Å². The van der Waals surface area contributed by atoms with Crippen molar-refractivity contribution < 1.29 is 8.42 Å². The molecule has 0 bridgehead atoms. The van der Waals surface area contributed by atoms with Gasteiger partial charge in [0, 0.05) is 12.7 Å². The van der Waals surface area contributed by atoms with Crippen molar-refractivity contribution in [2.75, 3.05) is 18.8 Å². The molecule has 0 aromatic carbocycles. The summed E-state index contributed by atoms with van der Waals surface area (Å²) in [6, 6.07) is 2.85. The van der Waals surface area contributed by atoms with E-state index in [9.17, 15) is 8.42 Å². The largest absolute Gasteiger partial charge is 0.384 e. The van der Waals surface area contributed by atoms with Crippen molar-refractivity contribution >= 4 is 15.8 Å². The highest BCUT2D eigenvalue weighted by atomic mass is 32.2. The van der Waals surface area contributed by atoms with E-state index in [-0.39, 0.29) is 17.3 Å². The molecule has 1 aromatic rings. The third-order valence-corrected chi connectivity index (χ3v) is 3.92. The van der Waals surface area contributed by atoms with E-state index in [1.54, 1.807) is 6.92 Å².